The molecule has 32 heavy (non-hydrogen) atoms. The maximum Gasteiger partial charge on any atom is 0.345 e. The largest absolute Gasteiger partial charge is 0.507 e. The van der Waals surface area contributed by atoms with Gasteiger partial charge in [-0.1, -0.05) is 6.58 Å². The molecule has 10 nitrogen and oxygen atoms in total. The highest BCUT2D eigenvalue weighted by Crippen LogP contribution is 2.58. The number of carbonyl (C=O) groups excluding carboxylic acids is 3. The summed E-state index contributed by atoms with van der Waals surface area (Å²) in [7, 11) is -0.211. The molecule has 0 unspecified atom stereocenters. The van der Waals surface area contributed by atoms with Crippen molar-refractivity contribution in [3.63, 3.8) is 0 Å². The zero-order valence-electron chi connectivity index (χ0n) is 18.6. The first-order valence-corrected chi connectivity index (χ1v) is 10.9. The average Bonchev–Trinajstić information content (AvgIpc) is 3.20. The lowest BCUT2D eigenvalue weighted by molar-refractivity contribution is -0.149. The number of carbonyl (C=O) groups is 3. The number of furan rings is 1. The van der Waals surface area contributed by atoms with Gasteiger partial charge in [0.05, 0.1) is 25.3 Å². The minimum atomic E-state index is -4.33. The van der Waals surface area contributed by atoms with Crippen molar-refractivity contribution in [2.75, 3.05) is 28.4 Å². The van der Waals surface area contributed by atoms with Crippen LogP contribution in [0.15, 0.2) is 23.1 Å². The van der Waals surface area contributed by atoms with E-state index in [1.54, 1.807) is 13.0 Å². The van der Waals surface area contributed by atoms with Gasteiger partial charge in [-0.05, 0) is 31.6 Å². The van der Waals surface area contributed by atoms with Crippen molar-refractivity contribution in [2.45, 2.75) is 25.4 Å². The van der Waals surface area contributed by atoms with Gasteiger partial charge in [0.2, 0.25) is 0 Å². The van der Waals surface area contributed by atoms with Gasteiger partial charge in [-0.15, -0.1) is 0 Å². The second-order valence-corrected chi connectivity index (χ2v) is 9.29. The number of Topliss-reactive ketones (excluding diaryl/α,β-unsaturated/α-hetero) is 1. The highest BCUT2D eigenvalue weighted by Gasteiger charge is 2.52. The first-order chi connectivity index (χ1) is 15.0. The number of fused-ring (bicyclic) bond motifs is 1. The van der Waals surface area contributed by atoms with Crippen LogP contribution in [0.5, 0.6) is 5.75 Å². The monoisotopic (exact) mass is 468 g/mol. The summed E-state index contributed by atoms with van der Waals surface area (Å²) < 4.78 is 38.7. The summed E-state index contributed by atoms with van der Waals surface area (Å²) >= 11 is 0. The summed E-state index contributed by atoms with van der Waals surface area (Å²) in [6.07, 6.45) is 0. The Morgan fingerprint density at radius 3 is 2.03 bits per heavy atom. The molecule has 1 heterocycles. The number of methoxy groups -OCH3 is 2. The van der Waals surface area contributed by atoms with E-state index in [2.05, 4.69) is 6.58 Å². The van der Waals surface area contributed by atoms with Gasteiger partial charge in [-0.2, -0.15) is 0 Å². The van der Waals surface area contributed by atoms with E-state index in [1.807, 2.05) is 0 Å². The number of ketones is 1. The van der Waals surface area contributed by atoms with E-state index in [1.165, 1.54) is 13.0 Å². The van der Waals surface area contributed by atoms with Crippen LogP contribution in [0, 0.1) is 0 Å². The molecule has 0 saturated heterocycles. The maximum atomic E-state index is 13.3. The Hall–Kier alpha value is -2.94. The van der Waals surface area contributed by atoms with Gasteiger partial charge >= 0.3 is 19.5 Å². The molecule has 0 spiro atoms. The molecule has 2 atom stereocenters. The van der Waals surface area contributed by atoms with Crippen LogP contribution >= 0.6 is 7.60 Å². The summed E-state index contributed by atoms with van der Waals surface area (Å²) in [4.78, 5) is 37.9. The topological polar surface area (TPSA) is 139 Å². The second-order valence-electron chi connectivity index (χ2n) is 6.93. The van der Waals surface area contributed by atoms with E-state index in [9.17, 15) is 24.1 Å². The van der Waals surface area contributed by atoms with Crippen LogP contribution in [0.4, 0.5) is 0 Å². The van der Waals surface area contributed by atoms with Crippen molar-refractivity contribution in [1.82, 2.24) is 0 Å². The zero-order chi connectivity index (χ0) is 24.4. The fourth-order valence-corrected chi connectivity index (χ4v) is 4.97. The quantitative estimate of drug-likeness (QED) is 0.329. The minimum absolute atomic E-state index is 0.0337. The maximum absolute atomic E-state index is 13.3. The molecule has 174 valence electrons. The average molecular weight is 468 g/mol. The molecule has 0 radical (unpaired) electrons. The summed E-state index contributed by atoms with van der Waals surface area (Å²) in [5.74, 6) is -4.83. The normalized spacial score (nSPS) is 13.4. The Bertz CT molecular complexity index is 1120. The van der Waals surface area contributed by atoms with Crippen molar-refractivity contribution in [3.05, 3.63) is 35.6 Å². The van der Waals surface area contributed by atoms with Crippen LogP contribution in [-0.2, 0) is 32.7 Å². The van der Waals surface area contributed by atoms with Gasteiger partial charge in [0, 0.05) is 19.6 Å². The molecular weight excluding hydrogens is 443 g/mol. The summed E-state index contributed by atoms with van der Waals surface area (Å²) in [5, 5.41) is 11.3. The van der Waals surface area contributed by atoms with Crippen LogP contribution in [-0.4, -0.2) is 56.9 Å². The zero-order valence-corrected chi connectivity index (χ0v) is 19.5. The Balaban J connectivity index is 3.06. The minimum Gasteiger partial charge on any atom is -0.507 e. The molecule has 2 aromatic rings. The van der Waals surface area contributed by atoms with Crippen LogP contribution in [0.3, 0.4) is 0 Å². The number of phenolic OH excluding ortho intramolecular Hbond substituents is 1. The smallest absolute Gasteiger partial charge is 0.345 e. The number of hydrogen-bond acceptors (Lipinski definition) is 10. The van der Waals surface area contributed by atoms with Gasteiger partial charge < -0.3 is 28.0 Å². The molecule has 0 aliphatic rings. The van der Waals surface area contributed by atoms with E-state index in [4.69, 9.17) is 22.9 Å². The fraction of sp³-hybridized carbons (Fsp3) is 0.381. The Morgan fingerprint density at radius 1 is 1.03 bits per heavy atom. The summed E-state index contributed by atoms with van der Waals surface area (Å²) in [5.41, 5.74) is -1.84. The number of esters is 2. The molecule has 1 aromatic carbocycles. The van der Waals surface area contributed by atoms with Gasteiger partial charge in [0.15, 0.2) is 11.4 Å². The predicted molar refractivity (Wildman–Crippen MR) is 115 cm³/mol. The number of benzene rings is 1. The first-order valence-electron chi connectivity index (χ1n) is 9.30. The molecule has 0 bridgehead atoms. The van der Waals surface area contributed by atoms with Crippen molar-refractivity contribution >= 4 is 41.9 Å². The van der Waals surface area contributed by atoms with Crippen LogP contribution in [0.25, 0.3) is 16.5 Å². The second kappa shape index (κ2) is 9.68. The number of ether oxygens (including phenoxy) is 2. The standard InChI is InChI=1S/C21H25O10P/c1-10(2)14-9-12-8-13(11(3)22)17(23)15(18(12)31-14)16(20(24)27-4)19(21(25)28-5)32(26,29-6)30-7/h8-9,16,19,23H,1H2,2-7H3/t16-,19+/m0/s1. The van der Waals surface area contributed by atoms with Crippen LogP contribution in [0.2, 0.25) is 0 Å². The van der Waals surface area contributed by atoms with E-state index in [-0.39, 0.29) is 16.7 Å². The summed E-state index contributed by atoms with van der Waals surface area (Å²) in [6, 6.07) is 2.93. The van der Waals surface area contributed by atoms with Gasteiger partial charge in [-0.25, -0.2) is 0 Å². The Kier molecular flexibility index (Phi) is 7.66. The van der Waals surface area contributed by atoms with E-state index in [0.29, 0.717) is 16.7 Å². The number of aromatic hydroxyl groups is 1. The molecule has 11 heteroatoms. The van der Waals surface area contributed by atoms with E-state index in [0.717, 1.165) is 28.4 Å². The molecule has 1 aromatic heterocycles. The van der Waals surface area contributed by atoms with Crippen molar-refractivity contribution in [3.8, 4) is 5.75 Å². The molecule has 1 N–H and O–H groups in total. The number of rotatable bonds is 9. The molecular formula is C21H25O10P. The molecule has 0 saturated carbocycles. The number of phenols is 1. The van der Waals surface area contributed by atoms with Gasteiger partial charge in [0.25, 0.3) is 0 Å². The predicted octanol–water partition coefficient (Wildman–Crippen LogP) is 3.66. The lowest BCUT2D eigenvalue weighted by Crippen LogP contribution is -2.36. The number of allylic oxidation sites excluding steroid dienone is 1. The van der Waals surface area contributed by atoms with E-state index < -0.39 is 42.6 Å². The van der Waals surface area contributed by atoms with Crippen LogP contribution < -0.4 is 0 Å². The molecule has 2 rings (SSSR count). The van der Waals surface area contributed by atoms with Gasteiger partial charge in [-0.3, -0.25) is 18.9 Å². The van der Waals surface area contributed by atoms with Crippen molar-refractivity contribution < 1.29 is 47.0 Å². The molecule has 0 aliphatic carbocycles. The summed E-state index contributed by atoms with van der Waals surface area (Å²) in [6.45, 7) is 6.68. The fourth-order valence-electron chi connectivity index (χ4n) is 3.37. The molecule has 0 aliphatic heterocycles. The Morgan fingerprint density at radius 2 is 1.59 bits per heavy atom. The first kappa shape index (κ1) is 25.3. The van der Waals surface area contributed by atoms with E-state index >= 15 is 0 Å². The SMILES string of the molecule is C=C(C)c1cc2cc(C(C)=O)c(O)c([C@H](C(=O)OC)[C@H](C(=O)OC)P(=O)(OC)OC)c2o1. The third-order valence-corrected chi connectivity index (χ3v) is 7.20. The lowest BCUT2D eigenvalue weighted by Gasteiger charge is -2.28. The highest BCUT2D eigenvalue weighted by molar-refractivity contribution is 7.55. The molecule has 0 amide bonds. The Labute approximate surface area is 184 Å². The van der Waals surface area contributed by atoms with Crippen molar-refractivity contribution in [2.24, 2.45) is 0 Å². The third-order valence-electron chi connectivity index (χ3n) is 4.99. The number of hydrogen-bond donors (Lipinski definition) is 1. The van der Waals surface area contributed by atoms with Crippen LogP contribution in [0.1, 0.15) is 41.4 Å². The molecule has 0 fully saturated rings. The highest BCUT2D eigenvalue weighted by atomic mass is 31.2. The third kappa shape index (κ3) is 4.34. The lowest BCUT2D eigenvalue weighted by atomic mass is 9.90. The van der Waals surface area contributed by atoms with Gasteiger partial charge in [0.1, 0.15) is 23.0 Å². The van der Waals surface area contributed by atoms with Crippen molar-refractivity contribution in [1.29, 1.82) is 0 Å².